The predicted octanol–water partition coefficient (Wildman–Crippen LogP) is 2.85. The summed E-state index contributed by atoms with van der Waals surface area (Å²) < 4.78 is 0. The van der Waals surface area contributed by atoms with Crippen LogP contribution < -0.4 is 0 Å². The van der Waals surface area contributed by atoms with Crippen molar-refractivity contribution < 1.29 is 4.79 Å². The number of hydrogen-bond acceptors (Lipinski definition) is 1. The first-order valence-electron chi connectivity index (χ1n) is 7.20. The fourth-order valence-electron chi connectivity index (χ4n) is 3.29. The van der Waals surface area contributed by atoms with Gasteiger partial charge in [-0.1, -0.05) is 24.6 Å². The topological polar surface area (TPSA) is 36.1 Å². The molecule has 19 heavy (non-hydrogen) atoms. The second-order valence-electron chi connectivity index (χ2n) is 5.77. The molecule has 1 N–H and O–H groups in total. The number of nitrogens with zero attached hydrogens (tertiary/aromatic N) is 1. The molecule has 2 heterocycles. The first kappa shape index (κ1) is 11.1. The molecule has 1 aromatic heterocycles. The number of fused-ring (bicyclic) bond motifs is 3. The lowest BCUT2D eigenvalue weighted by Gasteiger charge is -2.33. The molecular weight excluding hydrogens is 236 g/mol. The highest BCUT2D eigenvalue weighted by Crippen LogP contribution is 2.32. The van der Waals surface area contributed by atoms with Crippen LogP contribution in [0.25, 0.3) is 10.9 Å². The van der Waals surface area contributed by atoms with Gasteiger partial charge in [-0.3, -0.25) is 4.79 Å². The van der Waals surface area contributed by atoms with E-state index in [2.05, 4.69) is 29.2 Å². The van der Waals surface area contributed by atoms with Crippen molar-refractivity contribution in [3.63, 3.8) is 0 Å². The average molecular weight is 254 g/mol. The fourth-order valence-corrected chi connectivity index (χ4v) is 3.29. The van der Waals surface area contributed by atoms with Crippen molar-refractivity contribution in [2.45, 2.75) is 32.2 Å². The van der Waals surface area contributed by atoms with Gasteiger partial charge >= 0.3 is 0 Å². The lowest BCUT2D eigenvalue weighted by atomic mass is 9.84. The van der Waals surface area contributed by atoms with Crippen LogP contribution in [0, 0.1) is 5.92 Å². The van der Waals surface area contributed by atoms with Gasteiger partial charge in [0.1, 0.15) is 0 Å². The van der Waals surface area contributed by atoms with Crippen LogP contribution >= 0.6 is 0 Å². The Morgan fingerprint density at radius 3 is 2.89 bits per heavy atom. The molecule has 2 aliphatic rings. The normalized spacial score (nSPS) is 19.3. The van der Waals surface area contributed by atoms with Crippen molar-refractivity contribution >= 4 is 16.8 Å². The Morgan fingerprint density at radius 2 is 2.11 bits per heavy atom. The van der Waals surface area contributed by atoms with Gasteiger partial charge in [-0.2, -0.15) is 0 Å². The SMILES string of the molecule is O=C(C1CCC1)N1CCc2c([nH]c3ccccc23)C1. The third kappa shape index (κ3) is 1.68. The van der Waals surface area contributed by atoms with E-state index >= 15 is 0 Å². The minimum atomic E-state index is 0.311. The van der Waals surface area contributed by atoms with E-state index in [4.69, 9.17) is 0 Å². The number of hydrogen-bond donors (Lipinski definition) is 1. The van der Waals surface area contributed by atoms with Crippen molar-refractivity contribution in [2.75, 3.05) is 6.54 Å². The molecule has 4 rings (SSSR count). The fraction of sp³-hybridized carbons (Fsp3) is 0.438. The minimum absolute atomic E-state index is 0.311. The second kappa shape index (κ2) is 4.12. The van der Waals surface area contributed by atoms with E-state index < -0.39 is 0 Å². The highest BCUT2D eigenvalue weighted by Gasteiger charge is 2.31. The van der Waals surface area contributed by atoms with Gasteiger partial charge < -0.3 is 9.88 Å². The van der Waals surface area contributed by atoms with Crippen molar-refractivity contribution in [3.8, 4) is 0 Å². The number of benzene rings is 1. The molecule has 0 radical (unpaired) electrons. The highest BCUT2D eigenvalue weighted by molar-refractivity contribution is 5.86. The largest absolute Gasteiger partial charge is 0.357 e. The maximum Gasteiger partial charge on any atom is 0.226 e. The van der Waals surface area contributed by atoms with E-state index in [0.717, 1.165) is 32.4 Å². The molecule has 98 valence electrons. The van der Waals surface area contributed by atoms with Crippen molar-refractivity contribution in [2.24, 2.45) is 5.92 Å². The summed E-state index contributed by atoms with van der Waals surface area (Å²) in [6.07, 6.45) is 4.39. The monoisotopic (exact) mass is 254 g/mol. The molecule has 0 unspecified atom stereocenters. The van der Waals surface area contributed by atoms with E-state index in [1.165, 1.54) is 28.6 Å². The summed E-state index contributed by atoms with van der Waals surface area (Å²) in [6, 6.07) is 8.43. The van der Waals surface area contributed by atoms with Crippen LogP contribution in [0.3, 0.4) is 0 Å². The van der Waals surface area contributed by atoms with Crippen LogP contribution in [0.4, 0.5) is 0 Å². The Labute approximate surface area is 112 Å². The van der Waals surface area contributed by atoms with E-state index in [-0.39, 0.29) is 0 Å². The number of aromatic nitrogens is 1. The number of amides is 1. The summed E-state index contributed by atoms with van der Waals surface area (Å²) in [4.78, 5) is 17.8. The third-order valence-electron chi connectivity index (χ3n) is 4.65. The highest BCUT2D eigenvalue weighted by atomic mass is 16.2. The zero-order valence-electron chi connectivity index (χ0n) is 11.0. The van der Waals surface area contributed by atoms with Crippen molar-refractivity contribution in [3.05, 3.63) is 35.5 Å². The van der Waals surface area contributed by atoms with Crippen LogP contribution in [0.1, 0.15) is 30.5 Å². The van der Waals surface area contributed by atoms with Gasteiger partial charge in [0.15, 0.2) is 0 Å². The van der Waals surface area contributed by atoms with E-state index in [1.54, 1.807) is 0 Å². The van der Waals surface area contributed by atoms with E-state index in [1.807, 2.05) is 4.90 Å². The van der Waals surface area contributed by atoms with Gasteiger partial charge in [0.25, 0.3) is 0 Å². The molecule has 2 aromatic rings. The molecule has 1 fully saturated rings. The Balaban J connectivity index is 1.64. The van der Waals surface area contributed by atoms with Gasteiger partial charge in [0.2, 0.25) is 5.91 Å². The van der Waals surface area contributed by atoms with E-state index in [9.17, 15) is 4.79 Å². The Hall–Kier alpha value is -1.77. The molecule has 3 nitrogen and oxygen atoms in total. The Kier molecular flexibility index (Phi) is 2.40. The number of aromatic amines is 1. The van der Waals surface area contributed by atoms with Gasteiger partial charge in [-0.15, -0.1) is 0 Å². The summed E-state index contributed by atoms with van der Waals surface area (Å²) in [5.74, 6) is 0.682. The minimum Gasteiger partial charge on any atom is -0.357 e. The van der Waals surface area contributed by atoms with Crippen LogP contribution in [-0.2, 0) is 17.8 Å². The molecule has 1 amide bonds. The summed E-state index contributed by atoms with van der Waals surface area (Å²) >= 11 is 0. The molecule has 0 atom stereocenters. The predicted molar refractivity (Wildman–Crippen MR) is 74.8 cm³/mol. The summed E-state index contributed by atoms with van der Waals surface area (Å²) in [7, 11) is 0. The van der Waals surface area contributed by atoms with Crippen LogP contribution in [0.2, 0.25) is 0 Å². The zero-order valence-corrected chi connectivity index (χ0v) is 11.0. The Bertz CT molecular complexity index is 639. The standard InChI is InChI=1S/C16H18N2O/c19-16(11-4-3-5-11)18-9-8-13-12-6-1-2-7-14(12)17-15(13)10-18/h1-2,6-7,11,17H,3-5,8-10H2. The lowest BCUT2D eigenvalue weighted by molar-refractivity contribution is -0.139. The summed E-state index contributed by atoms with van der Waals surface area (Å²) in [5, 5.41) is 1.33. The first-order chi connectivity index (χ1) is 9.33. The average Bonchev–Trinajstić information content (AvgIpc) is 2.74. The number of carbonyl (C=O) groups is 1. The molecule has 3 heteroatoms. The number of H-pyrrole nitrogens is 1. The van der Waals surface area contributed by atoms with Crippen molar-refractivity contribution in [1.29, 1.82) is 0 Å². The first-order valence-corrected chi connectivity index (χ1v) is 7.20. The Morgan fingerprint density at radius 1 is 1.26 bits per heavy atom. The number of carbonyl (C=O) groups excluding carboxylic acids is 1. The number of para-hydroxylation sites is 1. The zero-order chi connectivity index (χ0) is 12.8. The van der Waals surface area contributed by atoms with Gasteiger partial charge in [0, 0.05) is 29.1 Å². The number of nitrogens with one attached hydrogen (secondary N) is 1. The summed E-state index contributed by atoms with van der Waals surface area (Å²) in [5.41, 5.74) is 3.85. The molecule has 1 aliphatic heterocycles. The molecular formula is C16H18N2O. The van der Waals surface area contributed by atoms with Crippen LogP contribution in [0.15, 0.2) is 24.3 Å². The quantitative estimate of drug-likeness (QED) is 0.834. The second-order valence-corrected chi connectivity index (χ2v) is 5.77. The molecule has 1 saturated carbocycles. The van der Waals surface area contributed by atoms with Gasteiger partial charge in [-0.05, 0) is 30.9 Å². The maximum absolute atomic E-state index is 12.3. The van der Waals surface area contributed by atoms with Crippen LogP contribution in [0.5, 0.6) is 0 Å². The smallest absolute Gasteiger partial charge is 0.226 e. The van der Waals surface area contributed by atoms with Crippen molar-refractivity contribution in [1.82, 2.24) is 9.88 Å². The molecule has 0 bridgehead atoms. The summed E-state index contributed by atoms with van der Waals surface area (Å²) in [6.45, 7) is 1.64. The molecule has 0 spiro atoms. The number of rotatable bonds is 1. The molecule has 1 aromatic carbocycles. The van der Waals surface area contributed by atoms with Gasteiger partial charge in [0.05, 0.1) is 6.54 Å². The van der Waals surface area contributed by atoms with E-state index in [0.29, 0.717) is 11.8 Å². The molecule has 0 saturated heterocycles. The third-order valence-corrected chi connectivity index (χ3v) is 4.65. The molecule has 1 aliphatic carbocycles. The lowest BCUT2D eigenvalue weighted by Crippen LogP contribution is -2.41. The maximum atomic E-state index is 12.3. The van der Waals surface area contributed by atoms with Crippen LogP contribution in [-0.4, -0.2) is 22.3 Å². The van der Waals surface area contributed by atoms with Gasteiger partial charge in [-0.25, -0.2) is 0 Å².